The molecule has 2 rings (SSSR count). The lowest BCUT2D eigenvalue weighted by Gasteiger charge is -2.15. The minimum atomic E-state index is -0.676. The fourth-order valence-electron chi connectivity index (χ4n) is 1.99. The molecule has 1 aromatic heterocycles. The van der Waals surface area contributed by atoms with Gasteiger partial charge in [-0.3, -0.25) is 4.79 Å². The van der Waals surface area contributed by atoms with Crippen LogP contribution in [0.1, 0.15) is 35.9 Å². The lowest BCUT2D eigenvalue weighted by atomic mass is 10.1. The van der Waals surface area contributed by atoms with Crippen LogP contribution in [-0.2, 0) is 0 Å². The van der Waals surface area contributed by atoms with Gasteiger partial charge in [0, 0.05) is 18.3 Å². The highest BCUT2D eigenvalue weighted by Crippen LogP contribution is 2.18. The Bertz CT molecular complexity index is 582. The Hall–Kier alpha value is -1.85. The van der Waals surface area contributed by atoms with E-state index in [0.717, 1.165) is 11.3 Å². The number of nitrogens with one attached hydrogen (secondary N) is 2. The lowest BCUT2D eigenvalue weighted by Crippen LogP contribution is -2.29. The van der Waals surface area contributed by atoms with Crippen LogP contribution in [0.15, 0.2) is 41.1 Å². The van der Waals surface area contributed by atoms with Crippen LogP contribution in [-0.4, -0.2) is 23.6 Å². The van der Waals surface area contributed by atoms with Gasteiger partial charge in [0.2, 0.25) is 0 Å². The van der Waals surface area contributed by atoms with E-state index in [0.29, 0.717) is 5.56 Å². The maximum absolute atomic E-state index is 12.3. The van der Waals surface area contributed by atoms with Crippen LogP contribution in [0.2, 0.25) is 0 Å². The van der Waals surface area contributed by atoms with Crippen LogP contribution >= 0.6 is 11.3 Å². The largest absolute Gasteiger partial charge is 0.387 e. The predicted molar refractivity (Wildman–Crippen MR) is 86.8 cm³/mol. The third-order valence-corrected chi connectivity index (χ3v) is 3.70. The quantitative estimate of drug-likeness (QED) is 0.769. The molecule has 1 unspecified atom stereocenters. The van der Waals surface area contributed by atoms with Crippen molar-refractivity contribution in [2.24, 2.45) is 0 Å². The van der Waals surface area contributed by atoms with Crippen molar-refractivity contribution in [3.05, 3.63) is 52.2 Å². The van der Waals surface area contributed by atoms with Crippen molar-refractivity contribution in [3.8, 4) is 0 Å². The molecule has 21 heavy (non-hydrogen) atoms. The number of aliphatic hydroxyl groups excluding tert-OH is 1. The molecule has 1 amide bonds. The summed E-state index contributed by atoms with van der Waals surface area (Å²) < 4.78 is 0. The number of carbonyl (C=O) groups is 1. The number of benzene rings is 1. The molecule has 0 aliphatic heterocycles. The predicted octanol–water partition coefficient (Wildman–Crippen LogP) is 3.03. The minimum absolute atomic E-state index is 0.187. The average molecular weight is 304 g/mol. The maximum Gasteiger partial charge on any atom is 0.253 e. The van der Waals surface area contributed by atoms with Crippen molar-refractivity contribution < 1.29 is 9.90 Å². The zero-order chi connectivity index (χ0) is 15.2. The smallest absolute Gasteiger partial charge is 0.253 e. The van der Waals surface area contributed by atoms with E-state index in [1.807, 2.05) is 48.9 Å². The molecule has 2 aromatic rings. The van der Waals surface area contributed by atoms with E-state index in [2.05, 4.69) is 10.6 Å². The summed E-state index contributed by atoms with van der Waals surface area (Å²) in [7, 11) is 0. The van der Waals surface area contributed by atoms with Gasteiger partial charge in [-0.2, -0.15) is 11.3 Å². The zero-order valence-electron chi connectivity index (χ0n) is 12.2. The molecule has 0 aliphatic rings. The Labute approximate surface area is 128 Å². The molecule has 0 saturated carbocycles. The van der Waals surface area contributed by atoms with Crippen LogP contribution in [0, 0.1) is 0 Å². The molecular weight excluding hydrogens is 284 g/mol. The van der Waals surface area contributed by atoms with Crippen molar-refractivity contribution in [2.75, 3.05) is 11.9 Å². The highest BCUT2D eigenvalue weighted by molar-refractivity contribution is 7.07. The molecule has 4 nitrogen and oxygen atoms in total. The number of aliphatic hydroxyl groups is 1. The Morgan fingerprint density at radius 1 is 1.29 bits per heavy atom. The van der Waals surface area contributed by atoms with Crippen LogP contribution in [0.4, 0.5) is 5.69 Å². The van der Waals surface area contributed by atoms with Gasteiger partial charge >= 0.3 is 0 Å². The van der Waals surface area contributed by atoms with E-state index < -0.39 is 6.10 Å². The third-order valence-electron chi connectivity index (χ3n) is 3.00. The second kappa shape index (κ2) is 7.24. The van der Waals surface area contributed by atoms with E-state index in [4.69, 9.17) is 0 Å². The minimum Gasteiger partial charge on any atom is -0.387 e. The highest BCUT2D eigenvalue weighted by Gasteiger charge is 2.14. The number of rotatable bonds is 6. The van der Waals surface area contributed by atoms with E-state index >= 15 is 0 Å². The van der Waals surface area contributed by atoms with Gasteiger partial charge in [0.05, 0.1) is 11.7 Å². The van der Waals surface area contributed by atoms with Gasteiger partial charge in [0.1, 0.15) is 0 Å². The summed E-state index contributed by atoms with van der Waals surface area (Å²) in [5.41, 5.74) is 2.22. The molecular formula is C16H20N2O2S. The molecule has 1 heterocycles. The third kappa shape index (κ3) is 4.31. The van der Waals surface area contributed by atoms with Crippen molar-refractivity contribution in [1.29, 1.82) is 0 Å². The molecule has 0 saturated heterocycles. The molecule has 0 fully saturated rings. The molecule has 1 atom stereocenters. The number of carbonyl (C=O) groups excluding carboxylic acids is 1. The molecule has 5 heteroatoms. The maximum atomic E-state index is 12.3. The second-order valence-electron chi connectivity index (χ2n) is 5.13. The molecule has 1 aromatic carbocycles. The summed E-state index contributed by atoms with van der Waals surface area (Å²) in [6.07, 6.45) is -0.676. The van der Waals surface area contributed by atoms with E-state index in [1.54, 1.807) is 6.07 Å². The monoisotopic (exact) mass is 304 g/mol. The van der Waals surface area contributed by atoms with Gasteiger partial charge < -0.3 is 15.7 Å². The first-order chi connectivity index (χ1) is 10.1. The molecule has 112 valence electrons. The zero-order valence-corrected chi connectivity index (χ0v) is 13.0. The molecule has 3 N–H and O–H groups in total. The number of anilines is 1. The van der Waals surface area contributed by atoms with Gasteiger partial charge in [-0.15, -0.1) is 0 Å². The average Bonchev–Trinajstić information content (AvgIpc) is 2.98. The molecule has 0 radical (unpaired) electrons. The van der Waals surface area contributed by atoms with Crippen LogP contribution in [0.3, 0.4) is 0 Å². The van der Waals surface area contributed by atoms with E-state index in [1.165, 1.54) is 11.3 Å². The normalized spacial score (nSPS) is 12.2. The summed E-state index contributed by atoms with van der Waals surface area (Å²) in [6.45, 7) is 4.25. The number of hydrogen-bond donors (Lipinski definition) is 3. The van der Waals surface area contributed by atoms with Crippen LogP contribution < -0.4 is 10.6 Å². The second-order valence-corrected chi connectivity index (χ2v) is 5.91. The Kier molecular flexibility index (Phi) is 5.36. The fourth-order valence-corrected chi connectivity index (χ4v) is 2.69. The van der Waals surface area contributed by atoms with Crippen LogP contribution in [0.5, 0.6) is 0 Å². The Morgan fingerprint density at radius 2 is 2.05 bits per heavy atom. The van der Waals surface area contributed by atoms with Gasteiger partial charge in [0.15, 0.2) is 0 Å². The van der Waals surface area contributed by atoms with Crippen LogP contribution in [0.25, 0.3) is 0 Å². The van der Waals surface area contributed by atoms with Crippen molar-refractivity contribution in [3.63, 3.8) is 0 Å². The standard InChI is InChI=1S/C16H20N2O2S/c1-11(2)18-14-6-4-3-5-13(14)16(20)17-9-15(19)12-7-8-21-10-12/h3-8,10-11,15,18-19H,9H2,1-2H3,(H,17,20). The summed E-state index contributed by atoms with van der Waals surface area (Å²) in [6, 6.07) is 9.48. The Balaban J connectivity index is 2.00. The topological polar surface area (TPSA) is 61.4 Å². The van der Waals surface area contributed by atoms with Gasteiger partial charge in [-0.05, 0) is 48.4 Å². The summed E-state index contributed by atoms with van der Waals surface area (Å²) in [5, 5.41) is 19.8. The SMILES string of the molecule is CC(C)Nc1ccccc1C(=O)NCC(O)c1ccsc1. The number of amides is 1. The van der Waals surface area contributed by atoms with Crippen molar-refractivity contribution in [1.82, 2.24) is 5.32 Å². The first-order valence-electron chi connectivity index (χ1n) is 6.92. The molecule has 0 bridgehead atoms. The fraction of sp³-hybridized carbons (Fsp3) is 0.312. The number of thiophene rings is 1. The van der Waals surface area contributed by atoms with Crippen molar-refractivity contribution in [2.45, 2.75) is 26.0 Å². The Morgan fingerprint density at radius 3 is 2.71 bits per heavy atom. The lowest BCUT2D eigenvalue weighted by molar-refractivity contribution is 0.0917. The van der Waals surface area contributed by atoms with Gasteiger partial charge in [0.25, 0.3) is 5.91 Å². The van der Waals surface area contributed by atoms with E-state index in [9.17, 15) is 9.90 Å². The van der Waals surface area contributed by atoms with Gasteiger partial charge in [-0.25, -0.2) is 0 Å². The molecule has 0 spiro atoms. The van der Waals surface area contributed by atoms with Gasteiger partial charge in [-0.1, -0.05) is 12.1 Å². The molecule has 0 aliphatic carbocycles. The van der Waals surface area contributed by atoms with Crippen molar-refractivity contribution >= 4 is 22.9 Å². The summed E-state index contributed by atoms with van der Waals surface area (Å²) in [5.74, 6) is -0.187. The first-order valence-corrected chi connectivity index (χ1v) is 7.86. The number of para-hydroxylation sites is 1. The summed E-state index contributed by atoms with van der Waals surface area (Å²) >= 11 is 1.53. The highest BCUT2D eigenvalue weighted by atomic mass is 32.1. The number of hydrogen-bond acceptors (Lipinski definition) is 4. The first kappa shape index (κ1) is 15.5. The van der Waals surface area contributed by atoms with E-state index in [-0.39, 0.29) is 18.5 Å². The summed E-state index contributed by atoms with van der Waals surface area (Å²) in [4.78, 5) is 12.3.